The number of alkyl halides is 3. The van der Waals surface area contributed by atoms with Crippen LogP contribution in [0.15, 0.2) is 30.5 Å². The summed E-state index contributed by atoms with van der Waals surface area (Å²) in [7, 11) is 0. The van der Waals surface area contributed by atoms with Gasteiger partial charge in [-0.05, 0) is 12.1 Å². The summed E-state index contributed by atoms with van der Waals surface area (Å²) in [5, 5.41) is 12.0. The smallest absolute Gasteiger partial charge is 0.324 e. The fourth-order valence-corrected chi connectivity index (χ4v) is 1.88. The predicted molar refractivity (Wildman–Crippen MR) is 83.6 cm³/mol. The molecule has 0 aliphatic rings. The Morgan fingerprint density at radius 3 is 2.52 bits per heavy atom. The maximum absolute atomic E-state index is 12.9. The highest BCUT2D eigenvalue weighted by molar-refractivity contribution is 5.92. The topological polar surface area (TPSA) is 88.9 Å². The van der Waals surface area contributed by atoms with Gasteiger partial charge in [-0.15, -0.1) is 5.10 Å². The van der Waals surface area contributed by atoms with Gasteiger partial charge in [0, 0.05) is 5.92 Å². The molecule has 2 N–H and O–H groups in total. The number of rotatable bonds is 5. The van der Waals surface area contributed by atoms with Gasteiger partial charge < -0.3 is 10.6 Å². The van der Waals surface area contributed by atoms with E-state index in [0.29, 0.717) is 0 Å². The van der Waals surface area contributed by atoms with E-state index in [2.05, 4.69) is 20.9 Å². The van der Waals surface area contributed by atoms with Crippen molar-refractivity contribution in [3.05, 3.63) is 36.0 Å². The summed E-state index contributed by atoms with van der Waals surface area (Å²) in [5.74, 6) is -1.08. The molecule has 0 spiro atoms. The summed E-state index contributed by atoms with van der Waals surface area (Å²) in [6.45, 7) is 3.05. The number of carbonyl (C=O) groups excluding carboxylic acids is 2. The molecular formula is C15H16F3N5O2. The first-order valence-corrected chi connectivity index (χ1v) is 7.34. The van der Waals surface area contributed by atoms with E-state index in [-0.39, 0.29) is 29.9 Å². The van der Waals surface area contributed by atoms with Crippen molar-refractivity contribution in [2.45, 2.75) is 26.6 Å². The molecule has 25 heavy (non-hydrogen) atoms. The second-order valence-corrected chi connectivity index (χ2v) is 5.54. The number of hydrogen-bond acceptors (Lipinski definition) is 4. The third kappa shape index (κ3) is 5.03. The van der Waals surface area contributed by atoms with E-state index in [4.69, 9.17) is 0 Å². The summed E-state index contributed by atoms with van der Waals surface area (Å²) in [6.07, 6.45) is -3.26. The summed E-state index contributed by atoms with van der Waals surface area (Å²) in [4.78, 5) is 23.5. The molecule has 2 rings (SSSR count). The average molecular weight is 355 g/mol. The molecule has 0 radical (unpaired) electrons. The van der Waals surface area contributed by atoms with Crippen LogP contribution in [0.1, 0.15) is 19.4 Å². The standard InChI is InChI=1S/C15H16F3N5O2/c1-9(2)14(25)20-12-7-23(22-21-12)8-13(24)19-11-6-4-3-5-10(11)15(16,17)18/h3-7,9H,8H2,1-2H3,(H,19,24)(H,20,25). The third-order valence-corrected chi connectivity index (χ3v) is 3.13. The number of carbonyl (C=O) groups is 2. The lowest BCUT2D eigenvalue weighted by atomic mass is 10.1. The van der Waals surface area contributed by atoms with Crippen LogP contribution >= 0.6 is 0 Å². The second kappa shape index (κ2) is 7.32. The molecular weight excluding hydrogens is 339 g/mol. The van der Waals surface area contributed by atoms with Gasteiger partial charge in [0.25, 0.3) is 0 Å². The minimum atomic E-state index is -4.58. The molecule has 7 nitrogen and oxygen atoms in total. The van der Waals surface area contributed by atoms with Crippen molar-refractivity contribution < 1.29 is 22.8 Å². The van der Waals surface area contributed by atoms with Gasteiger partial charge in [-0.3, -0.25) is 9.59 Å². The van der Waals surface area contributed by atoms with E-state index >= 15 is 0 Å². The van der Waals surface area contributed by atoms with Gasteiger partial charge in [0.05, 0.1) is 17.4 Å². The van der Waals surface area contributed by atoms with E-state index in [1.165, 1.54) is 18.3 Å². The molecule has 0 saturated heterocycles. The van der Waals surface area contributed by atoms with Crippen LogP contribution in [-0.2, 0) is 22.3 Å². The Hall–Kier alpha value is -2.91. The van der Waals surface area contributed by atoms with Crippen LogP contribution in [0.2, 0.25) is 0 Å². The lowest BCUT2D eigenvalue weighted by Gasteiger charge is -2.13. The van der Waals surface area contributed by atoms with Crippen molar-refractivity contribution in [3.63, 3.8) is 0 Å². The van der Waals surface area contributed by atoms with Crippen molar-refractivity contribution in [3.8, 4) is 0 Å². The molecule has 0 atom stereocenters. The van der Waals surface area contributed by atoms with Gasteiger partial charge in [0.1, 0.15) is 6.54 Å². The van der Waals surface area contributed by atoms with Gasteiger partial charge in [-0.2, -0.15) is 13.2 Å². The molecule has 2 amide bonds. The van der Waals surface area contributed by atoms with Crippen LogP contribution in [0.4, 0.5) is 24.7 Å². The number of halogens is 3. The van der Waals surface area contributed by atoms with Crippen LogP contribution in [0.5, 0.6) is 0 Å². The van der Waals surface area contributed by atoms with Gasteiger partial charge in [0.2, 0.25) is 11.8 Å². The third-order valence-electron chi connectivity index (χ3n) is 3.13. The Balaban J connectivity index is 2.02. The highest BCUT2D eigenvalue weighted by Gasteiger charge is 2.33. The predicted octanol–water partition coefficient (Wildman–Crippen LogP) is 2.53. The molecule has 0 bridgehead atoms. The molecule has 1 aromatic heterocycles. The van der Waals surface area contributed by atoms with Gasteiger partial charge in [-0.1, -0.05) is 31.2 Å². The Morgan fingerprint density at radius 2 is 1.88 bits per heavy atom. The van der Waals surface area contributed by atoms with Crippen molar-refractivity contribution in [2.75, 3.05) is 10.6 Å². The number of nitrogens with one attached hydrogen (secondary N) is 2. The van der Waals surface area contributed by atoms with E-state index in [9.17, 15) is 22.8 Å². The zero-order valence-electron chi connectivity index (χ0n) is 13.5. The molecule has 10 heteroatoms. The van der Waals surface area contributed by atoms with Crippen LogP contribution in [0.3, 0.4) is 0 Å². The molecule has 0 unspecified atom stereocenters. The molecule has 134 valence electrons. The molecule has 0 fully saturated rings. The van der Waals surface area contributed by atoms with Crippen molar-refractivity contribution in [1.29, 1.82) is 0 Å². The lowest BCUT2D eigenvalue weighted by Crippen LogP contribution is -2.21. The first-order chi connectivity index (χ1) is 11.7. The summed E-state index contributed by atoms with van der Waals surface area (Å²) >= 11 is 0. The second-order valence-electron chi connectivity index (χ2n) is 5.54. The number of nitrogens with zero attached hydrogens (tertiary/aromatic N) is 3. The van der Waals surface area contributed by atoms with E-state index in [1.807, 2.05) is 0 Å². The number of aromatic nitrogens is 3. The van der Waals surface area contributed by atoms with Crippen LogP contribution in [-0.4, -0.2) is 26.8 Å². The van der Waals surface area contributed by atoms with Crippen molar-refractivity contribution in [2.24, 2.45) is 5.92 Å². The molecule has 0 aliphatic heterocycles. The molecule has 1 aromatic carbocycles. The lowest BCUT2D eigenvalue weighted by molar-refractivity contribution is -0.137. The maximum atomic E-state index is 12.9. The highest BCUT2D eigenvalue weighted by Crippen LogP contribution is 2.34. The Morgan fingerprint density at radius 1 is 1.20 bits per heavy atom. The quantitative estimate of drug-likeness (QED) is 0.863. The number of para-hydroxylation sites is 1. The SMILES string of the molecule is CC(C)C(=O)Nc1cn(CC(=O)Nc2ccccc2C(F)(F)F)nn1. The molecule has 2 aromatic rings. The largest absolute Gasteiger partial charge is 0.418 e. The minimum Gasteiger partial charge on any atom is -0.324 e. The number of benzene rings is 1. The number of anilines is 2. The zero-order chi connectivity index (χ0) is 18.6. The van der Waals surface area contributed by atoms with Crippen LogP contribution in [0, 0.1) is 5.92 Å². The average Bonchev–Trinajstić information content (AvgIpc) is 2.93. The first kappa shape index (κ1) is 18.4. The van der Waals surface area contributed by atoms with Crippen LogP contribution < -0.4 is 10.6 Å². The Labute approximate surface area is 141 Å². The molecule has 0 saturated carbocycles. The molecule has 0 aliphatic carbocycles. The van der Waals surface area contributed by atoms with Crippen molar-refractivity contribution >= 4 is 23.3 Å². The van der Waals surface area contributed by atoms with Gasteiger partial charge in [0.15, 0.2) is 5.82 Å². The number of amides is 2. The van der Waals surface area contributed by atoms with Gasteiger partial charge in [-0.25, -0.2) is 4.68 Å². The summed E-state index contributed by atoms with van der Waals surface area (Å²) in [6, 6.07) is 4.67. The summed E-state index contributed by atoms with van der Waals surface area (Å²) in [5.41, 5.74) is -1.28. The number of hydrogen-bond donors (Lipinski definition) is 2. The Kier molecular flexibility index (Phi) is 5.40. The highest BCUT2D eigenvalue weighted by atomic mass is 19.4. The first-order valence-electron chi connectivity index (χ1n) is 7.34. The van der Waals surface area contributed by atoms with E-state index in [1.54, 1.807) is 13.8 Å². The van der Waals surface area contributed by atoms with Crippen LogP contribution in [0.25, 0.3) is 0 Å². The fraction of sp³-hybridized carbons (Fsp3) is 0.333. The monoisotopic (exact) mass is 355 g/mol. The van der Waals surface area contributed by atoms with Crippen molar-refractivity contribution in [1.82, 2.24) is 15.0 Å². The normalized spacial score (nSPS) is 11.4. The zero-order valence-corrected chi connectivity index (χ0v) is 13.5. The van der Waals surface area contributed by atoms with E-state index < -0.39 is 17.6 Å². The molecule has 1 heterocycles. The van der Waals surface area contributed by atoms with E-state index in [0.717, 1.165) is 16.8 Å². The Bertz CT molecular complexity index is 771. The fourth-order valence-electron chi connectivity index (χ4n) is 1.88. The van der Waals surface area contributed by atoms with Gasteiger partial charge >= 0.3 is 6.18 Å². The summed E-state index contributed by atoms with van der Waals surface area (Å²) < 4.78 is 39.8. The minimum absolute atomic E-state index is 0.155. The maximum Gasteiger partial charge on any atom is 0.418 e.